The smallest absolute Gasteiger partial charge is 0.244 e. The van der Waals surface area contributed by atoms with E-state index in [2.05, 4.69) is 5.32 Å². The molecule has 0 heterocycles. The molecule has 224 valence electrons. The Hall–Kier alpha value is -3.56. The lowest BCUT2D eigenvalue weighted by Crippen LogP contribution is -2.55. The highest BCUT2D eigenvalue weighted by atomic mass is 35.5. The molecule has 1 fully saturated rings. The maximum atomic E-state index is 14.2. The number of nitrogens with one attached hydrogen (secondary N) is 1. The number of methoxy groups -OCH3 is 1. The topological polar surface area (TPSA) is 96.0 Å². The van der Waals surface area contributed by atoms with Crippen LogP contribution in [0.4, 0.5) is 5.69 Å². The van der Waals surface area contributed by atoms with Crippen LogP contribution in [0.15, 0.2) is 78.9 Å². The number of amides is 2. The third kappa shape index (κ3) is 8.72. The first-order valence-corrected chi connectivity index (χ1v) is 16.4. The highest BCUT2D eigenvalue weighted by Crippen LogP contribution is 2.25. The number of carbonyl (C=O) groups is 2. The second-order valence-corrected chi connectivity index (χ2v) is 13.0. The summed E-state index contributed by atoms with van der Waals surface area (Å²) in [6.07, 6.45) is 6.34. The van der Waals surface area contributed by atoms with Gasteiger partial charge >= 0.3 is 0 Å². The second-order valence-electron chi connectivity index (χ2n) is 10.7. The van der Waals surface area contributed by atoms with Crippen molar-refractivity contribution in [1.29, 1.82) is 0 Å². The van der Waals surface area contributed by atoms with E-state index >= 15 is 0 Å². The van der Waals surface area contributed by atoms with Crippen molar-refractivity contribution in [2.75, 3.05) is 24.2 Å². The van der Waals surface area contributed by atoms with E-state index in [9.17, 15) is 18.0 Å². The van der Waals surface area contributed by atoms with Crippen LogP contribution in [0.2, 0.25) is 5.02 Å². The van der Waals surface area contributed by atoms with Gasteiger partial charge in [-0.25, -0.2) is 8.42 Å². The third-order valence-corrected chi connectivity index (χ3v) is 8.86. The molecule has 0 saturated heterocycles. The summed E-state index contributed by atoms with van der Waals surface area (Å²) in [7, 11) is -2.38. The predicted molar refractivity (Wildman–Crippen MR) is 166 cm³/mol. The van der Waals surface area contributed by atoms with Gasteiger partial charge in [-0.05, 0) is 48.2 Å². The van der Waals surface area contributed by atoms with Crippen LogP contribution in [0, 0.1) is 0 Å². The van der Waals surface area contributed by atoms with Gasteiger partial charge in [0, 0.05) is 30.1 Å². The van der Waals surface area contributed by atoms with Crippen LogP contribution in [0.5, 0.6) is 5.75 Å². The van der Waals surface area contributed by atoms with Crippen molar-refractivity contribution in [3.8, 4) is 5.75 Å². The van der Waals surface area contributed by atoms with E-state index in [1.54, 1.807) is 42.5 Å². The zero-order chi connectivity index (χ0) is 30.1. The fourth-order valence-corrected chi connectivity index (χ4v) is 6.36. The molecule has 42 heavy (non-hydrogen) atoms. The number of anilines is 1. The monoisotopic (exact) mass is 611 g/mol. The molecule has 0 aliphatic heterocycles. The number of hydrogen-bond acceptors (Lipinski definition) is 5. The molecule has 4 rings (SSSR count). The van der Waals surface area contributed by atoms with Gasteiger partial charge in [0.1, 0.15) is 18.3 Å². The zero-order valence-corrected chi connectivity index (χ0v) is 25.6. The van der Waals surface area contributed by atoms with Crippen LogP contribution in [0.1, 0.15) is 43.2 Å². The number of benzene rings is 3. The van der Waals surface area contributed by atoms with Crippen LogP contribution < -0.4 is 14.4 Å². The maximum Gasteiger partial charge on any atom is 0.244 e. The van der Waals surface area contributed by atoms with Crippen molar-refractivity contribution in [3.63, 3.8) is 0 Å². The summed E-state index contributed by atoms with van der Waals surface area (Å²) < 4.78 is 32.3. The summed E-state index contributed by atoms with van der Waals surface area (Å²) in [4.78, 5) is 29.7. The van der Waals surface area contributed by atoms with E-state index < -0.39 is 28.5 Å². The molecule has 1 saturated carbocycles. The lowest BCUT2D eigenvalue weighted by Gasteiger charge is -2.35. The molecule has 0 radical (unpaired) electrons. The van der Waals surface area contributed by atoms with Gasteiger partial charge in [-0.15, -0.1) is 0 Å². The van der Waals surface area contributed by atoms with E-state index in [4.69, 9.17) is 16.3 Å². The molecule has 2 amide bonds. The third-order valence-electron chi connectivity index (χ3n) is 7.49. The van der Waals surface area contributed by atoms with Crippen molar-refractivity contribution in [1.82, 2.24) is 10.2 Å². The largest absolute Gasteiger partial charge is 0.497 e. The van der Waals surface area contributed by atoms with Crippen LogP contribution >= 0.6 is 11.6 Å². The normalized spacial score (nSPS) is 14.5. The van der Waals surface area contributed by atoms with Crippen molar-refractivity contribution >= 4 is 39.1 Å². The molecule has 1 N–H and O–H groups in total. The Kier molecular flexibility index (Phi) is 10.9. The molecule has 0 bridgehead atoms. The molecule has 0 aromatic heterocycles. The van der Waals surface area contributed by atoms with Crippen molar-refractivity contribution in [3.05, 3.63) is 95.0 Å². The summed E-state index contributed by atoms with van der Waals surface area (Å²) in [6, 6.07) is 22.3. The van der Waals surface area contributed by atoms with Gasteiger partial charge in [0.15, 0.2) is 0 Å². The number of nitrogens with zero attached hydrogens (tertiary/aromatic N) is 2. The Labute approximate surface area is 253 Å². The molecule has 0 unspecified atom stereocenters. The van der Waals surface area contributed by atoms with E-state index in [1.807, 2.05) is 36.4 Å². The fraction of sp³-hybridized carbons (Fsp3) is 0.375. The maximum absolute atomic E-state index is 14.2. The Morgan fingerprint density at radius 1 is 0.952 bits per heavy atom. The minimum Gasteiger partial charge on any atom is -0.497 e. The molecule has 3 aromatic rings. The lowest BCUT2D eigenvalue weighted by atomic mass is 9.94. The van der Waals surface area contributed by atoms with Crippen LogP contribution in [-0.4, -0.2) is 57.1 Å². The highest BCUT2D eigenvalue weighted by molar-refractivity contribution is 7.92. The average Bonchev–Trinajstić information content (AvgIpc) is 2.98. The van der Waals surface area contributed by atoms with Gasteiger partial charge in [0.05, 0.1) is 19.1 Å². The molecule has 3 aromatic carbocycles. The van der Waals surface area contributed by atoms with E-state index in [-0.39, 0.29) is 24.9 Å². The number of ether oxygens (including phenoxy) is 1. The van der Waals surface area contributed by atoms with Crippen LogP contribution in [0.25, 0.3) is 0 Å². The molecular weight excluding hydrogens is 574 g/mol. The summed E-state index contributed by atoms with van der Waals surface area (Å²) in [5.74, 6) is -0.311. The Morgan fingerprint density at radius 2 is 1.64 bits per heavy atom. The predicted octanol–water partition coefficient (Wildman–Crippen LogP) is 5.20. The summed E-state index contributed by atoms with van der Waals surface area (Å²) in [5, 5.41) is 3.70. The quantitative estimate of drug-likeness (QED) is 0.304. The molecule has 1 atom stereocenters. The Morgan fingerprint density at radius 3 is 2.31 bits per heavy atom. The van der Waals surface area contributed by atoms with Crippen LogP contribution in [0.3, 0.4) is 0 Å². The highest BCUT2D eigenvalue weighted by Gasteiger charge is 2.34. The first-order chi connectivity index (χ1) is 20.1. The van der Waals surface area contributed by atoms with Crippen molar-refractivity contribution in [2.24, 2.45) is 0 Å². The van der Waals surface area contributed by atoms with E-state index in [1.165, 1.54) is 12.0 Å². The van der Waals surface area contributed by atoms with Crippen LogP contribution in [-0.2, 0) is 32.6 Å². The molecule has 10 heteroatoms. The standard InChI is InChI=1S/C32H38ClN3O5S/c1-41-29-18-10-17-28(21-29)36(42(2,39)40)23-31(37)35(22-25-13-9-14-26(33)19-25)30(20-24-11-5-3-6-12-24)32(38)34-27-15-7-4-8-16-27/h3,5-6,9-14,17-19,21,27,30H,4,7-8,15-16,20,22-23H2,1-2H3,(H,34,38)/t30-/m1/s1. The molecule has 1 aliphatic rings. The average molecular weight is 612 g/mol. The summed E-state index contributed by atoms with van der Waals surface area (Å²) in [5.41, 5.74) is 1.91. The molecular formula is C32H38ClN3O5S. The number of carbonyl (C=O) groups excluding carboxylic acids is 2. The Bertz CT molecular complexity index is 1460. The molecule has 0 spiro atoms. The number of halogens is 1. The zero-order valence-electron chi connectivity index (χ0n) is 24.0. The summed E-state index contributed by atoms with van der Waals surface area (Å²) >= 11 is 6.28. The van der Waals surface area contributed by atoms with Gasteiger partial charge in [-0.2, -0.15) is 0 Å². The van der Waals surface area contributed by atoms with E-state index in [0.29, 0.717) is 16.5 Å². The van der Waals surface area contributed by atoms with Gasteiger partial charge in [0.2, 0.25) is 21.8 Å². The number of hydrogen-bond donors (Lipinski definition) is 1. The lowest BCUT2D eigenvalue weighted by molar-refractivity contribution is -0.140. The van der Waals surface area contributed by atoms with Gasteiger partial charge in [-0.1, -0.05) is 79.4 Å². The van der Waals surface area contributed by atoms with Crippen molar-refractivity contribution in [2.45, 2.75) is 57.2 Å². The SMILES string of the molecule is COc1cccc(N(CC(=O)N(Cc2cccc(Cl)c2)[C@H](Cc2ccccc2)C(=O)NC2CCCCC2)S(C)(=O)=O)c1. The number of rotatable bonds is 12. The minimum atomic E-state index is -3.87. The number of sulfonamides is 1. The summed E-state index contributed by atoms with van der Waals surface area (Å²) in [6.45, 7) is -0.417. The second kappa shape index (κ2) is 14.6. The first-order valence-electron chi connectivity index (χ1n) is 14.1. The minimum absolute atomic E-state index is 0.0388. The van der Waals surface area contributed by atoms with E-state index in [0.717, 1.165) is 53.8 Å². The van der Waals surface area contributed by atoms with Gasteiger partial charge in [-0.3, -0.25) is 13.9 Å². The van der Waals surface area contributed by atoms with Crippen molar-refractivity contribution < 1.29 is 22.7 Å². The first kappa shape index (κ1) is 31.4. The fourth-order valence-electron chi connectivity index (χ4n) is 5.31. The molecule has 1 aliphatic carbocycles. The van der Waals surface area contributed by atoms with Gasteiger partial charge in [0.25, 0.3) is 0 Å². The Balaban J connectivity index is 1.72. The molecule has 8 nitrogen and oxygen atoms in total. The van der Waals surface area contributed by atoms with Gasteiger partial charge < -0.3 is 15.0 Å².